The van der Waals surface area contributed by atoms with Crippen molar-refractivity contribution in [2.45, 2.75) is 51.0 Å². The van der Waals surface area contributed by atoms with Gasteiger partial charge in [-0.15, -0.1) is 0 Å². The van der Waals surface area contributed by atoms with E-state index in [9.17, 15) is 0 Å². The van der Waals surface area contributed by atoms with Gasteiger partial charge in [0, 0.05) is 10.5 Å². The molecule has 0 aromatic heterocycles. The molecular weight excluding hydrogens is 274 g/mol. The third kappa shape index (κ3) is 4.11. The lowest BCUT2D eigenvalue weighted by atomic mass is 9.90. The van der Waals surface area contributed by atoms with Gasteiger partial charge in [0.05, 0.1) is 0 Å². The molecule has 2 N–H and O–H groups in total. The van der Waals surface area contributed by atoms with Crippen LogP contribution in [0.15, 0.2) is 28.7 Å². The number of hydrogen-bond acceptors (Lipinski definition) is 1. The Hall–Kier alpha value is -0.340. The van der Waals surface area contributed by atoms with Gasteiger partial charge in [0.25, 0.3) is 0 Å². The monoisotopic (exact) mass is 295 g/mol. The number of rotatable bonds is 3. The molecule has 1 fully saturated rings. The second-order valence-electron chi connectivity index (χ2n) is 5.25. The highest BCUT2D eigenvalue weighted by Crippen LogP contribution is 2.30. The molecule has 1 aromatic rings. The average molecular weight is 296 g/mol. The zero-order valence-electron chi connectivity index (χ0n) is 10.4. The largest absolute Gasteiger partial charge is 0.324 e. The van der Waals surface area contributed by atoms with Crippen LogP contribution in [0.3, 0.4) is 0 Å². The van der Waals surface area contributed by atoms with Gasteiger partial charge in [-0.25, -0.2) is 0 Å². The fraction of sp³-hybridized carbons (Fsp3) is 0.600. The maximum atomic E-state index is 6.31. The molecular formula is C15H22BrN. The van der Waals surface area contributed by atoms with Crippen molar-refractivity contribution < 1.29 is 0 Å². The lowest BCUT2D eigenvalue weighted by molar-refractivity contribution is 0.393. The van der Waals surface area contributed by atoms with Crippen LogP contribution >= 0.6 is 15.9 Å². The van der Waals surface area contributed by atoms with Crippen LogP contribution in [0.2, 0.25) is 0 Å². The van der Waals surface area contributed by atoms with Gasteiger partial charge in [0.2, 0.25) is 0 Å². The zero-order chi connectivity index (χ0) is 12.1. The van der Waals surface area contributed by atoms with E-state index in [2.05, 4.69) is 40.2 Å². The highest BCUT2D eigenvalue weighted by molar-refractivity contribution is 9.10. The molecule has 1 atom stereocenters. The summed E-state index contributed by atoms with van der Waals surface area (Å²) in [6.07, 6.45) is 9.56. The highest BCUT2D eigenvalue weighted by Gasteiger charge is 2.16. The molecule has 0 aliphatic heterocycles. The van der Waals surface area contributed by atoms with Gasteiger partial charge in [-0.3, -0.25) is 0 Å². The first-order chi connectivity index (χ1) is 8.25. The third-order valence-electron chi connectivity index (χ3n) is 3.86. The molecule has 1 unspecified atom stereocenters. The minimum Gasteiger partial charge on any atom is -0.324 e. The average Bonchev–Trinajstić information content (AvgIpc) is 2.58. The van der Waals surface area contributed by atoms with Crippen molar-refractivity contribution in [2.75, 3.05) is 0 Å². The van der Waals surface area contributed by atoms with E-state index in [1.807, 2.05) is 0 Å². The van der Waals surface area contributed by atoms with Crippen LogP contribution in [0.25, 0.3) is 0 Å². The number of hydrogen-bond donors (Lipinski definition) is 1. The number of benzene rings is 1. The van der Waals surface area contributed by atoms with Crippen molar-refractivity contribution in [3.8, 4) is 0 Å². The Balaban J connectivity index is 1.91. The van der Waals surface area contributed by atoms with Crippen LogP contribution in [0.1, 0.15) is 56.6 Å². The molecule has 0 heterocycles. The van der Waals surface area contributed by atoms with E-state index >= 15 is 0 Å². The molecule has 1 aliphatic rings. The first kappa shape index (κ1) is 13.1. The van der Waals surface area contributed by atoms with Crippen molar-refractivity contribution in [2.24, 2.45) is 11.7 Å². The first-order valence-corrected chi connectivity index (χ1v) is 7.56. The molecule has 1 aliphatic carbocycles. The van der Waals surface area contributed by atoms with E-state index < -0.39 is 0 Å². The summed E-state index contributed by atoms with van der Waals surface area (Å²) in [7, 11) is 0. The summed E-state index contributed by atoms with van der Waals surface area (Å²) in [4.78, 5) is 0. The number of nitrogens with two attached hydrogens (primary N) is 1. The Morgan fingerprint density at radius 2 is 1.65 bits per heavy atom. The molecule has 0 spiro atoms. The minimum atomic E-state index is 0.214. The summed E-state index contributed by atoms with van der Waals surface area (Å²) in [6.45, 7) is 0. The molecule has 1 aromatic carbocycles. The van der Waals surface area contributed by atoms with Crippen LogP contribution in [-0.2, 0) is 0 Å². The lowest BCUT2D eigenvalue weighted by Gasteiger charge is -2.19. The molecule has 2 rings (SSSR count). The molecule has 0 bridgehead atoms. The molecule has 94 valence electrons. The fourth-order valence-electron chi connectivity index (χ4n) is 2.80. The normalized spacial score (nSPS) is 19.9. The Morgan fingerprint density at radius 1 is 1.06 bits per heavy atom. The van der Waals surface area contributed by atoms with E-state index in [0.29, 0.717) is 0 Å². The zero-order valence-corrected chi connectivity index (χ0v) is 12.0. The van der Waals surface area contributed by atoms with Gasteiger partial charge in [0.1, 0.15) is 0 Å². The van der Waals surface area contributed by atoms with E-state index in [1.54, 1.807) is 0 Å². The Morgan fingerprint density at radius 3 is 2.24 bits per heavy atom. The Bertz CT molecular complexity index is 325. The second kappa shape index (κ2) is 6.55. The minimum absolute atomic E-state index is 0.214. The van der Waals surface area contributed by atoms with Crippen LogP contribution in [0.4, 0.5) is 0 Å². The predicted octanol–water partition coefficient (Wildman–Crippen LogP) is 4.81. The topological polar surface area (TPSA) is 26.0 Å². The smallest absolute Gasteiger partial charge is 0.0297 e. The highest BCUT2D eigenvalue weighted by atomic mass is 79.9. The van der Waals surface area contributed by atoms with Gasteiger partial charge in [0.15, 0.2) is 0 Å². The van der Waals surface area contributed by atoms with Gasteiger partial charge in [-0.2, -0.15) is 0 Å². The molecule has 1 saturated carbocycles. The van der Waals surface area contributed by atoms with E-state index in [-0.39, 0.29) is 6.04 Å². The number of halogens is 1. The maximum Gasteiger partial charge on any atom is 0.0297 e. The van der Waals surface area contributed by atoms with Gasteiger partial charge >= 0.3 is 0 Å². The molecule has 0 radical (unpaired) electrons. The lowest BCUT2D eigenvalue weighted by Crippen LogP contribution is -2.15. The Kier molecular flexibility index (Phi) is 5.05. The van der Waals surface area contributed by atoms with Crippen LogP contribution < -0.4 is 5.73 Å². The molecule has 2 heteroatoms. The summed E-state index contributed by atoms with van der Waals surface area (Å²) in [5.41, 5.74) is 7.59. The van der Waals surface area contributed by atoms with E-state index in [0.717, 1.165) is 16.8 Å². The van der Waals surface area contributed by atoms with E-state index in [4.69, 9.17) is 5.73 Å². The van der Waals surface area contributed by atoms with Crippen molar-refractivity contribution in [3.63, 3.8) is 0 Å². The van der Waals surface area contributed by atoms with Crippen LogP contribution in [-0.4, -0.2) is 0 Å². The summed E-state index contributed by atoms with van der Waals surface area (Å²) in [6, 6.07) is 8.67. The quantitative estimate of drug-likeness (QED) is 0.796. The van der Waals surface area contributed by atoms with Gasteiger partial charge in [-0.05, 0) is 30.0 Å². The van der Waals surface area contributed by atoms with E-state index in [1.165, 1.54) is 44.1 Å². The summed E-state index contributed by atoms with van der Waals surface area (Å²) in [5, 5.41) is 0. The van der Waals surface area contributed by atoms with Crippen LogP contribution in [0, 0.1) is 5.92 Å². The van der Waals surface area contributed by atoms with Crippen molar-refractivity contribution in [1.82, 2.24) is 0 Å². The van der Waals surface area contributed by atoms with Gasteiger partial charge in [-0.1, -0.05) is 66.6 Å². The van der Waals surface area contributed by atoms with Crippen molar-refractivity contribution >= 4 is 15.9 Å². The summed E-state index contributed by atoms with van der Waals surface area (Å²) >= 11 is 3.46. The molecule has 1 nitrogen and oxygen atoms in total. The molecule has 0 amide bonds. The van der Waals surface area contributed by atoms with Crippen molar-refractivity contribution in [1.29, 1.82) is 0 Å². The SMILES string of the molecule is NC(CC1CCCCCC1)c1ccc(Br)cc1. The predicted molar refractivity (Wildman–Crippen MR) is 76.9 cm³/mol. The maximum absolute atomic E-state index is 6.31. The second-order valence-corrected chi connectivity index (χ2v) is 6.17. The third-order valence-corrected chi connectivity index (χ3v) is 4.39. The standard InChI is InChI=1S/C15H22BrN/c16-14-9-7-13(8-10-14)15(17)11-12-5-3-1-2-4-6-12/h7-10,12,15H,1-6,11,17H2. The van der Waals surface area contributed by atoms with Crippen LogP contribution in [0.5, 0.6) is 0 Å². The fourth-order valence-corrected chi connectivity index (χ4v) is 3.07. The van der Waals surface area contributed by atoms with Crippen molar-refractivity contribution in [3.05, 3.63) is 34.3 Å². The first-order valence-electron chi connectivity index (χ1n) is 6.77. The molecule has 17 heavy (non-hydrogen) atoms. The molecule has 0 saturated heterocycles. The Labute approximate surface area is 113 Å². The summed E-state index contributed by atoms with van der Waals surface area (Å²) < 4.78 is 1.13. The van der Waals surface area contributed by atoms with Gasteiger partial charge < -0.3 is 5.73 Å². The summed E-state index contributed by atoms with van der Waals surface area (Å²) in [5.74, 6) is 0.844.